The van der Waals surface area contributed by atoms with Crippen LogP contribution in [0.5, 0.6) is 11.5 Å². The molecule has 0 saturated carbocycles. The first kappa shape index (κ1) is 21.0. The summed E-state index contributed by atoms with van der Waals surface area (Å²) in [5.74, 6) is 1.59. The van der Waals surface area contributed by atoms with Crippen LogP contribution in [0.25, 0.3) is 0 Å². The first-order valence-electron chi connectivity index (χ1n) is 10.3. The average Bonchev–Trinajstić information content (AvgIpc) is 2.77. The minimum atomic E-state index is 0.0166. The van der Waals surface area contributed by atoms with Gasteiger partial charge in [-0.2, -0.15) is 0 Å². The van der Waals surface area contributed by atoms with Gasteiger partial charge in [-0.25, -0.2) is 0 Å². The van der Waals surface area contributed by atoms with E-state index in [2.05, 4.69) is 28.1 Å². The second-order valence-corrected chi connectivity index (χ2v) is 7.11. The van der Waals surface area contributed by atoms with Crippen molar-refractivity contribution >= 4 is 17.3 Å². The minimum Gasteiger partial charge on any atom is -0.497 e. The van der Waals surface area contributed by atoms with E-state index < -0.39 is 0 Å². The SMILES string of the molecule is CCN1CCN(c2ccccc2NC(=O)CCCOc2ccc(OC)cc2)CC1. The Bertz CT molecular complexity index is 771. The van der Waals surface area contributed by atoms with Crippen LogP contribution in [0.2, 0.25) is 0 Å². The van der Waals surface area contributed by atoms with E-state index in [1.165, 1.54) is 0 Å². The van der Waals surface area contributed by atoms with Crippen molar-refractivity contribution in [3.63, 3.8) is 0 Å². The zero-order valence-corrected chi connectivity index (χ0v) is 17.4. The molecule has 29 heavy (non-hydrogen) atoms. The third-order valence-corrected chi connectivity index (χ3v) is 5.21. The van der Waals surface area contributed by atoms with Crippen molar-refractivity contribution in [3.05, 3.63) is 48.5 Å². The Balaban J connectivity index is 1.45. The van der Waals surface area contributed by atoms with Gasteiger partial charge in [-0.1, -0.05) is 19.1 Å². The number of nitrogens with zero attached hydrogens (tertiary/aromatic N) is 2. The monoisotopic (exact) mass is 397 g/mol. The Morgan fingerprint density at radius 3 is 2.38 bits per heavy atom. The van der Waals surface area contributed by atoms with E-state index in [0.717, 1.165) is 55.6 Å². The summed E-state index contributed by atoms with van der Waals surface area (Å²) in [5.41, 5.74) is 1.99. The fourth-order valence-corrected chi connectivity index (χ4v) is 3.47. The topological polar surface area (TPSA) is 54.0 Å². The van der Waals surface area contributed by atoms with Crippen molar-refractivity contribution in [2.75, 3.05) is 56.7 Å². The van der Waals surface area contributed by atoms with Gasteiger partial charge in [-0.05, 0) is 49.4 Å². The number of carbonyl (C=O) groups excluding carboxylic acids is 1. The number of hydrogen-bond acceptors (Lipinski definition) is 5. The maximum absolute atomic E-state index is 12.4. The fraction of sp³-hybridized carbons (Fsp3) is 0.435. The van der Waals surface area contributed by atoms with Crippen molar-refractivity contribution in [3.8, 4) is 11.5 Å². The zero-order valence-electron chi connectivity index (χ0n) is 17.4. The molecule has 1 saturated heterocycles. The van der Waals surface area contributed by atoms with Gasteiger partial charge in [0.25, 0.3) is 0 Å². The Hall–Kier alpha value is -2.73. The van der Waals surface area contributed by atoms with E-state index in [1.807, 2.05) is 42.5 Å². The fourth-order valence-electron chi connectivity index (χ4n) is 3.47. The van der Waals surface area contributed by atoms with Gasteiger partial charge in [0.2, 0.25) is 5.91 Å². The maximum atomic E-state index is 12.4. The van der Waals surface area contributed by atoms with Crippen LogP contribution in [0.4, 0.5) is 11.4 Å². The van der Waals surface area contributed by atoms with Crippen molar-refractivity contribution in [1.29, 1.82) is 0 Å². The van der Waals surface area contributed by atoms with Gasteiger partial charge in [-0.3, -0.25) is 4.79 Å². The molecule has 2 aromatic carbocycles. The molecule has 0 spiro atoms. The molecule has 6 heteroatoms. The van der Waals surface area contributed by atoms with Gasteiger partial charge in [-0.15, -0.1) is 0 Å². The van der Waals surface area contributed by atoms with Crippen LogP contribution in [0.3, 0.4) is 0 Å². The van der Waals surface area contributed by atoms with Crippen LogP contribution in [-0.2, 0) is 4.79 Å². The van der Waals surface area contributed by atoms with E-state index in [4.69, 9.17) is 9.47 Å². The van der Waals surface area contributed by atoms with Gasteiger partial charge in [0.15, 0.2) is 0 Å². The maximum Gasteiger partial charge on any atom is 0.224 e. The van der Waals surface area contributed by atoms with E-state index >= 15 is 0 Å². The summed E-state index contributed by atoms with van der Waals surface area (Å²) in [6, 6.07) is 15.5. The van der Waals surface area contributed by atoms with Crippen molar-refractivity contribution < 1.29 is 14.3 Å². The number of rotatable bonds is 9. The van der Waals surface area contributed by atoms with E-state index in [1.54, 1.807) is 7.11 Å². The van der Waals surface area contributed by atoms with Gasteiger partial charge in [0.05, 0.1) is 25.1 Å². The number of benzene rings is 2. The number of methoxy groups -OCH3 is 1. The van der Waals surface area contributed by atoms with Crippen LogP contribution < -0.4 is 19.7 Å². The third kappa shape index (κ3) is 6.12. The molecule has 1 fully saturated rings. The molecule has 1 N–H and O–H groups in total. The van der Waals surface area contributed by atoms with Crippen LogP contribution in [0.1, 0.15) is 19.8 Å². The van der Waals surface area contributed by atoms with Crippen molar-refractivity contribution in [1.82, 2.24) is 4.90 Å². The van der Waals surface area contributed by atoms with Crippen LogP contribution in [0, 0.1) is 0 Å². The third-order valence-electron chi connectivity index (χ3n) is 5.21. The number of amides is 1. The molecular weight excluding hydrogens is 366 g/mol. The number of ether oxygens (including phenoxy) is 2. The van der Waals surface area contributed by atoms with Gasteiger partial charge >= 0.3 is 0 Å². The quantitative estimate of drug-likeness (QED) is 0.655. The predicted octanol–water partition coefficient (Wildman–Crippen LogP) is 3.63. The average molecular weight is 398 g/mol. The molecule has 0 unspecified atom stereocenters. The number of para-hydroxylation sites is 2. The molecule has 0 radical (unpaired) electrons. The first-order chi connectivity index (χ1) is 14.2. The zero-order chi connectivity index (χ0) is 20.5. The molecule has 0 bridgehead atoms. The summed E-state index contributed by atoms with van der Waals surface area (Å²) in [6.07, 6.45) is 1.09. The lowest BCUT2D eigenvalue weighted by molar-refractivity contribution is -0.116. The van der Waals surface area contributed by atoms with E-state index in [-0.39, 0.29) is 5.91 Å². The molecule has 0 aromatic heterocycles. The molecule has 6 nitrogen and oxygen atoms in total. The smallest absolute Gasteiger partial charge is 0.224 e. The highest BCUT2D eigenvalue weighted by atomic mass is 16.5. The van der Waals surface area contributed by atoms with Gasteiger partial charge in [0.1, 0.15) is 11.5 Å². The Kier molecular flexibility index (Phi) is 7.76. The number of carbonyl (C=O) groups is 1. The lowest BCUT2D eigenvalue weighted by atomic mass is 10.2. The molecule has 1 aliphatic rings. The van der Waals surface area contributed by atoms with E-state index in [9.17, 15) is 4.79 Å². The molecular formula is C23H31N3O3. The molecule has 1 amide bonds. The minimum absolute atomic E-state index is 0.0166. The van der Waals surface area contributed by atoms with E-state index in [0.29, 0.717) is 19.4 Å². The Morgan fingerprint density at radius 1 is 1.00 bits per heavy atom. The summed E-state index contributed by atoms with van der Waals surface area (Å²) in [4.78, 5) is 17.2. The van der Waals surface area contributed by atoms with Gasteiger partial charge < -0.3 is 24.6 Å². The summed E-state index contributed by atoms with van der Waals surface area (Å²) in [6.45, 7) is 7.86. The number of likely N-dealkylation sites (N-methyl/N-ethyl adjacent to an activating group) is 1. The summed E-state index contributed by atoms with van der Waals surface area (Å²) in [5, 5.41) is 3.08. The Morgan fingerprint density at radius 2 is 1.69 bits per heavy atom. The van der Waals surface area contributed by atoms with Crippen molar-refractivity contribution in [2.24, 2.45) is 0 Å². The lowest BCUT2D eigenvalue weighted by Gasteiger charge is -2.36. The van der Waals surface area contributed by atoms with Crippen LogP contribution >= 0.6 is 0 Å². The molecule has 1 aliphatic heterocycles. The predicted molar refractivity (Wildman–Crippen MR) is 117 cm³/mol. The first-order valence-corrected chi connectivity index (χ1v) is 10.3. The lowest BCUT2D eigenvalue weighted by Crippen LogP contribution is -2.46. The highest BCUT2D eigenvalue weighted by Crippen LogP contribution is 2.27. The highest BCUT2D eigenvalue weighted by Gasteiger charge is 2.18. The van der Waals surface area contributed by atoms with Crippen LogP contribution in [0.15, 0.2) is 48.5 Å². The largest absolute Gasteiger partial charge is 0.497 e. The number of nitrogens with one attached hydrogen (secondary N) is 1. The number of hydrogen-bond donors (Lipinski definition) is 1. The summed E-state index contributed by atoms with van der Waals surface area (Å²) < 4.78 is 10.8. The summed E-state index contributed by atoms with van der Waals surface area (Å²) >= 11 is 0. The van der Waals surface area contributed by atoms with Gasteiger partial charge in [0, 0.05) is 32.6 Å². The normalized spacial score (nSPS) is 14.5. The summed E-state index contributed by atoms with van der Waals surface area (Å²) in [7, 11) is 1.64. The molecule has 3 rings (SSSR count). The molecule has 0 aliphatic carbocycles. The molecule has 156 valence electrons. The van der Waals surface area contributed by atoms with Crippen LogP contribution in [-0.4, -0.2) is 57.2 Å². The number of anilines is 2. The second kappa shape index (κ2) is 10.7. The Labute approximate surface area is 173 Å². The second-order valence-electron chi connectivity index (χ2n) is 7.11. The molecule has 2 aromatic rings. The standard InChI is InChI=1S/C23H31N3O3/c1-3-25-14-16-26(17-15-25)22-8-5-4-7-21(22)24-23(27)9-6-18-29-20-12-10-19(28-2)11-13-20/h4-5,7-8,10-13H,3,6,9,14-18H2,1-2H3,(H,24,27). The highest BCUT2D eigenvalue weighted by molar-refractivity contribution is 5.94. The number of piperazine rings is 1. The molecule has 0 atom stereocenters. The van der Waals surface area contributed by atoms with Crippen molar-refractivity contribution in [2.45, 2.75) is 19.8 Å². The molecule has 1 heterocycles.